The molecule has 0 aliphatic heterocycles. The maximum absolute atomic E-state index is 12.7. The second-order valence-corrected chi connectivity index (χ2v) is 9.39. The van der Waals surface area contributed by atoms with Crippen molar-refractivity contribution >= 4 is 44.9 Å². The van der Waals surface area contributed by atoms with Crippen molar-refractivity contribution in [2.75, 3.05) is 0 Å². The summed E-state index contributed by atoms with van der Waals surface area (Å²) in [6, 6.07) is 2.00. The molecule has 1 aliphatic rings. The molecule has 2 atom stereocenters. The highest BCUT2D eigenvalue weighted by Crippen LogP contribution is 2.36. The Labute approximate surface area is 171 Å². The molecule has 0 saturated heterocycles. The first kappa shape index (κ1) is 19.1. The van der Waals surface area contributed by atoms with Crippen LogP contribution < -0.4 is 5.56 Å². The molecule has 0 fully saturated rings. The van der Waals surface area contributed by atoms with E-state index in [4.69, 9.17) is 4.74 Å². The minimum Gasteiger partial charge on any atom is -0.451 e. The highest BCUT2D eigenvalue weighted by Gasteiger charge is 2.24. The van der Waals surface area contributed by atoms with E-state index < -0.39 is 12.1 Å². The number of hydrogen-bond acceptors (Lipinski definition) is 6. The van der Waals surface area contributed by atoms with E-state index in [1.807, 2.05) is 18.4 Å². The van der Waals surface area contributed by atoms with Gasteiger partial charge in [0.1, 0.15) is 4.83 Å². The van der Waals surface area contributed by atoms with Crippen molar-refractivity contribution in [3.05, 3.63) is 54.6 Å². The van der Waals surface area contributed by atoms with E-state index in [1.165, 1.54) is 11.0 Å². The molecule has 3 aromatic rings. The van der Waals surface area contributed by atoms with Crippen molar-refractivity contribution in [3.8, 4) is 0 Å². The normalized spacial score (nSPS) is 17.8. The fourth-order valence-corrected chi connectivity index (χ4v) is 5.74. The Balaban J connectivity index is 1.55. The Morgan fingerprint density at radius 2 is 2.29 bits per heavy atom. The van der Waals surface area contributed by atoms with Crippen LogP contribution in [0.4, 0.5) is 0 Å². The first-order valence-corrected chi connectivity index (χ1v) is 11.1. The average molecular weight is 415 g/mol. The van der Waals surface area contributed by atoms with Gasteiger partial charge in [0, 0.05) is 15.8 Å². The third kappa shape index (κ3) is 3.69. The molecule has 4 rings (SSSR count). The lowest BCUT2D eigenvalue weighted by atomic mass is 9.89. The van der Waals surface area contributed by atoms with Gasteiger partial charge in [-0.05, 0) is 67.7 Å². The van der Waals surface area contributed by atoms with Crippen molar-refractivity contribution in [1.82, 2.24) is 9.97 Å². The van der Waals surface area contributed by atoms with Crippen molar-refractivity contribution in [2.45, 2.75) is 46.1 Å². The highest BCUT2D eigenvalue weighted by atomic mass is 32.1. The van der Waals surface area contributed by atoms with Crippen molar-refractivity contribution in [2.24, 2.45) is 5.92 Å². The number of ether oxygens (including phenoxy) is 1. The molecule has 1 aliphatic carbocycles. The molecule has 0 radical (unpaired) electrons. The van der Waals surface area contributed by atoms with Gasteiger partial charge in [-0.1, -0.05) is 6.92 Å². The average Bonchev–Trinajstić information content (AvgIpc) is 3.22. The smallest absolute Gasteiger partial charge is 0.331 e. The summed E-state index contributed by atoms with van der Waals surface area (Å²) in [6.45, 7) is 5.96. The van der Waals surface area contributed by atoms with Crippen LogP contribution in [0.2, 0.25) is 0 Å². The molecule has 0 bridgehead atoms. The minimum absolute atomic E-state index is 0.139. The number of aryl methyl sites for hydroxylation is 2. The number of hydrogen-bond donors (Lipinski definition) is 1. The van der Waals surface area contributed by atoms with Gasteiger partial charge in [0.05, 0.1) is 5.39 Å². The molecule has 3 heterocycles. The first-order valence-electron chi connectivity index (χ1n) is 9.39. The zero-order chi connectivity index (χ0) is 19.8. The summed E-state index contributed by atoms with van der Waals surface area (Å²) < 4.78 is 5.45. The van der Waals surface area contributed by atoms with Gasteiger partial charge in [0.25, 0.3) is 5.56 Å². The van der Waals surface area contributed by atoms with Gasteiger partial charge in [-0.15, -0.1) is 22.7 Å². The lowest BCUT2D eigenvalue weighted by Gasteiger charge is -2.17. The monoisotopic (exact) mass is 414 g/mol. The number of carbonyl (C=O) groups excluding carboxylic acids is 1. The largest absolute Gasteiger partial charge is 0.451 e. The Kier molecular flexibility index (Phi) is 5.21. The van der Waals surface area contributed by atoms with E-state index in [0.717, 1.165) is 40.1 Å². The number of esters is 1. The van der Waals surface area contributed by atoms with Gasteiger partial charge in [0.15, 0.2) is 11.9 Å². The van der Waals surface area contributed by atoms with Crippen LogP contribution in [0, 0.1) is 12.8 Å². The molecule has 28 heavy (non-hydrogen) atoms. The van der Waals surface area contributed by atoms with Crippen LogP contribution in [0.25, 0.3) is 16.3 Å². The summed E-state index contributed by atoms with van der Waals surface area (Å²) >= 11 is 3.16. The molecule has 7 heteroatoms. The molecule has 5 nitrogen and oxygen atoms in total. The lowest BCUT2D eigenvalue weighted by Crippen LogP contribution is -2.17. The predicted octanol–water partition coefficient (Wildman–Crippen LogP) is 4.80. The summed E-state index contributed by atoms with van der Waals surface area (Å²) in [6.07, 6.45) is 5.57. The van der Waals surface area contributed by atoms with Crippen LogP contribution in [-0.2, 0) is 22.4 Å². The summed E-state index contributed by atoms with van der Waals surface area (Å²) in [5.74, 6) is 0.568. The van der Waals surface area contributed by atoms with Gasteiger partial charge in [-0.25, -0.2) is 9.78 Å². The summed E-state index contributed by atoms with van der Waals surface area (Å²) in [4.78, 5) is 35.3. The molecule has 0 spiro atoms. The molecular weight excluding hydrogens is 392 g/mol. The maximum atomic E-state index is 12.7. The fourth-order valence-electron chi connectivity index (χ4n) is 3.53. The second kappa shape index (κ2) is 7.64. The molecule has 3 aromatic heterocycles. The van der Waals surface area contributed by atoms with Crippen LogP contribution in [0.15, 0.2) is 22.3 Å². The Morgan fingerprint density at radius 1 is 1.46 bits per heavy atom. The number of aromatic amines is 1. The number of fused-ring (bicyclic) bond motifs is 3. The third-order valence-corrected chi connectivity index (χ3v) is 7.27. The van der Waals surface area contributed by atoms with Gasteiger partial charge < -0.3 is 9.72 Å². The number of nitrogens with one attached hydrogen (secondary N) is 1. The van der Waals surface area contributed by atoms with Gasteiger partial charge in [-0.2, -0.15) is 0 Å². The van der Waals surface area contributed by atoms with E-state index >= 15 is 0 Å². The minimum atomic E-state index is -0.628. The standard InChI is InChI=1S/C21H22N2O3S2/c1-11-4-5-14-16(10-11)28-21-18(14)20(25)22-19(23-21)13(3)26-17(24)7-6-15-12(2)8-9-27-15/h6-9,11,13H,4-5,10H2,1-3H3,(H,22,23,25)/b7-6+/t11-,13-/m1/s1. The van der Waals surface area contributed by atoms with E-state index in [-0.39, 0.29) is 5.56 Å². The number of rotatable bonds is 4. The molecule has 146 valence electrons. The van der Waals surface area contributed by atoms with Gasteiger partial charge >= 0.3 is 5.97 Å². The van der Waals surface area contributed by atoms with E-state index in [2.05, 4.69) is 16.9 Å². The number of aromatic nitrogens is 2. The Morgan fingerprint density at radius 3 is 3.04 bits per heavy atom. The number of carbonyl (C=O) groups is 1. The highest BCUT2D eigenvalue weighted by molar-refractivity contribution is 7.18. The van der Waals surface area contributed by atoms with Crippen LogP contribution in [-0.4, -0.2) is 15.9 Å². The molecule has 1 N–H and O–H groups in total. The molecule has 0 amide bonds. The van der Waals surface area contributed by atoms with Crippen molar-refractivity contribution < 1.29 is 9.53 Å². The van der Waals surface area contributed by atoms with E-state index in [1.54, 1.807) is 35.7 Å². The third-order valence-electron chi connectivity index (χ3n) is 5.13. The second-order valence-electron chi connectivity index (χ2n) is 7.36. The molecular formula is C21H22N2O3S2. The fraction of sp³-hybridized carbons (Fsp3) is 0.381. The topological polar surface area (TPSA) is 72.0 Å². The summed E-state index contributed by atoms with van der Waals surface area (Å²) in [7, 11) is 0. The van der Waals surface area contributed by atoms with Crippen LogP contribution >= 0.6 is 22.7 Å². The van der Waals surface area contributed by atoms with E-state index in [0.29, 0.717) is 17.1 Å². The number of nitrogens with zero attached hydrogens (tertiary/aromatic N) is 1. The number of H-pyrrole nitrogens is 1. The van der Waals surface area contributed by atoms with Crippen LogP contribution in [0.5, 0.6) is 0 Å². The molecule has 0 unspecified atom stereocenters. The number of thiophene rings is 2. The van der Waals surface area contributed by atoms with Crippen LogP contribution in [0.3, 0.4) is 0 Å². The van der Waals surface area contributed by atoms with Gasteiger partial charge in [-0.3, -0.25) is 4.79 Å². The summed E-state index contributed by atoms with van der Waals surface area (Å²) in [5.41, 5.74) is 2.13. The van der Waals surface area contributed by atoms with Crippen molar-refractivity contribution in [3.63, 3.8) is 0 Å². The van der Waals surface area contributed by atoms with E-state index in [9.17, 15) is 9.59 Å². The molecule has 0 saturated carbocycles. The Hall–Kier alpha value is -2.25. The van der Waals surface area contributed by atoms with Crippen LogP contribution in [0.1, 0.15) is 53.1 Å². The lowest BCUT2D eigenvalue weighted by molar-refractivity contribution is -0.142. The summed E-state index contributed by atoms with van der Waals surface area (Å²) in [5, 5.41) is 2.69. The first-order chi connectivity index (χ1) is 13.4. The zero-order valence-electron chi connectivity index (χ0n) is 16.1. The Bertz CT molecular complexity index is 1120. The van der Waals surface area contributed by atoms with Gasteiger partial charge in [0.2, 0.25) is 0 Å². The molecule has 0 aromatic carbocycles. The zero-order valence-corrected chi connectivity index (χ0v) is 17.7. The predicted molar refractivity (Wildman–Crippen MR) is 114 cm³/mol. The SMILES string of the molecule is Cc1ccsc1/C=C/C(=O)O[C@H](C)c1nc2sc3c(c2c(=O)[nH]1)CC[C@@H](C)C3. The maximum Gasteiger partial charge on any atom is 0.331 e. The quantitative estimate of drug-likeness (QED) is 0.492. The van der Waals surface area contributed by atoms with Crippen molar-refractivity contribution in [1.29, 1.82) is 0 Å².